The smallest absolute Gasteiger partial charge is 0.377 e. The standard InChI is InChI=1S/C36H70NO8P/c1-37(2,3)30-31-43-46(40,41)44-33-34-32-42-35(38)28-26-24-22-20-18-16-14-12-10-8-6-4-5-7-9-11-13-15-17-19-21-23-25-27-29-36(39)45-34/h34H,4-33H2,1-3H3/p+1/t34-/m1/s1/i4D2,5D2,6D2,7D2. The zero-order chi connectivity index (χ0) is 40.9. The number of rotatable bonds is 7. The van der Waals surface area contributed by atoms with Crippen molar-refractivity contribution in [3.05, 3.63) is 0 Å². The zero-order valence-electron chi connectivity index (χ0n) is 37.2. The number of likely N-dealkylation sites (N-methyl/N-ethyl adjacent to an activating group) is 1. The van der Waals surface area contributed by atoms with Crippen LogP contribution in [0.5, 0.6) is 0 Å². The van der Waals surface area contributed by atoms with Crippen LogP contribution in [0, 0.1) is 0 Å². The number of esters is 2. The normalized spacial score (nSPS) is 30.5. The number of quaternary nitrogens is 1. The van der Waals surface area contributed by atoms with Crippen LogP contribution in [0.3, 0.4) is 0 Å². The Balaban J connectivity index is 2.76. The molecule has 0 amide bonds. The van der Waals surface area contributed by atoms with E-state index in [1.807, 2.05) is 21.1 Å². The Hall–Kier alpha value is -0.830. The van der Waals surface area contributed by atoms with Gasteiger partial charge in [0.05, 0.1) is 21.1 Å². The van der Waals surface area contributed by atoms with Crippen molar-refractivity contribution in [1.82, 2.24) is 0 Å². The molecule has 10 heteroatoms. The number of nitrogens with zero attached hydrogens (tertiary/aromatic N) is 1. The first kappa shape index (κ1) is 31.2. The number of ether oxygens (including phenoxy) is 2. The van der Waals surface area contributed by atoms with E-state index in [2.05, 4.69) is 0 Å². The largest absolute Gasteiger partial charge is 0.606 e. The molecule has 1 aliphatic rings. The third-order valence-electron chi connectivity index (χ3n) is 7.77. The second-order valence-electron chi connectivity index (χ2n) is 13.4. The predicted molar refractivity (Wildman–Crippen MR) is 185 cm³/mol. The maximum absolute atomic E-state index is 12.6. The Kier molecular flexibility index (Phi) is 19.0. The average Bonchev–Trinajstić information content (AvgIpc) is 3.05. The molecule has 1 saturated heterocycles. The molecule has 0 aromatic heterocycles. The van der Waals surface area contributed by atoms with E-state index >= 15 is 0 Å². The Bertz CT molecular complexity index is 1070. The molecule has 1 fully saturated rings. The van der Waals surface area contributed by atoms with Crippen molar-refractivity contribution in [3.8, 4) is 0 Å². The van der Waals surface area contributed by atoms with Gasteiger partial charge in [-0.15, -0.1) is 0 Å². The number of carbonyl (C=O) groups is 2. The number of phosphoric ester groups is 1. The minimum Gasteiger partial charge on any atom is -0.606 e. The molecule has 272 valence electrons. The van der Waals surface area contributed by atoms with Gasteiger partial charge in [0.15, 0.2) is 6.10 Å². The van der Waals surface area contributed by atoms with Crippen molar-refractivity contribution in [2.45, 2.75) is 173 Å². The molecule has 1 heterocycles. The van der Waals surface area contributed by atoms with E-state index in [1.165, 1.54) is 0 Å². The molecule has 9 nitrogen and oxygen atoms in total. The minimum absolute atomic E-state index is 0.0173. The summed E-state index contributed by atoms with van der Waals surface area (Å²) in [5.41, 5.74) is 0. The van der Waals surface area contributed by atoms with Crippen molar-refractivity contribution in [2.75, 3.05) is 47.5 Å². The fourth-order valence-electron chi connectivity index (χ4n) is 4.92. The van der Waals surface area contributed by atoms with E-state index in [9.17, 15) is 19.4 Å². The Labute approximate surface area is 294 Å². The van der Waals surface area contributed by atoms with Crippen molar-refractivity contribution >= 4 is 20.1 Å². The van der Waals surface area contributed by atoms with Gasteiger partial charge in [-0.25, -0.2) is 0 Å². The van der Waals surface area contributed by atoms with Crippen LogP contribution < -0.4 is 4.89 Å². The quantitative estimate of drug-likeness (QED) is 0.162. The topological polar surface area (TPSA) is 114 Å². The lowest BCUT2D eigenvalue weighted by Gasteiger charge is -2.26. The third-order valence-corrected chi connectivity index (χ3v) is 8.76. The monoisotopic (exact) mass is 685 g/mol. The van der Waals surface area contributed by atoms with Crippen LogP contribution >= 0.6 is 8.17 Å². The first-order chi connectivity index (χ1) is 25.0. The molecular formula is C36H71NO8P+. The zero-order valence-corrected chi connectivity index (χ0v) is 30.1. The van der Waals surface area contributed by atoms with Gasteiger partial charge in [-0.3, -0.25) is 9.59 Å². The van der Waals surface area contributed by atoms with Gasteiger partial charge in [-0.2, -0.15) is 13.9 Å². The number of cyclic esters (lactones) is 2. The molecule has 0 saturated carbocycles. The summed E-state index contributed by atoms with van der Waals surface area (Å²) in [4.78, 5) is 47.7. The molecule has 0 bridgehead atoms. The summed E-state index contributed by atoms with van der Waals surface area (Å²) in [6, 6.07) is 0. The summed E-state index contributed by atoms with van der Waals surface area (Å²) < 4.78 is 88.7. The van der Waals surface area contributed by atoms with Gasteiger partial charge < -0.3 is 18.9 Å². The molecule has 2 atom stereocenters. The Morgan fingerprint density at radius 1 is 0.696 bits per heavy atom. The highest BCUT2D eigenvalue weighted by Gasteiger charge is 2.31. The van der Waals surface area contributed by atoms with E-state index in [0.717, 1.165) is 77.0 Å². The first-order valence-corrected chi connectivity index (χ1v) is 19.3. The maximum atomic E-state index is 12.6. The molecule has 0 radical (unpaired) electrons. The molecule has 1 unspecified atom stereocenters. The van der Waals surface area contributed by atoms with Gasteiger partial charge in [0.25, 0.3) is 0 Å². The molecule has 1 rings (SSSR count). The van der Waals surface area contributed by atoms with Gasteiger partial charge >= 0.3 is 20.1 Å². The number of carbonyl (C=O) groups excluding carboxylic acids is 2. The Morgan fingerprint density at radius 2 is 1.11 bits per heavy atom. The van der Waals surface area contributed by atoms with E-state index in [0.29, 0.717) is 49.6 Å². The summed E-state index contributed by atoms with van der Waals surface area (Å²) in [6.07, 6.45) is 1.59. The number of hydrogen-bond acceptors (Lipinski definition) is 8. The van der Waals surface area contributed by atoms with E-state index in [1.54, 1.807) is 0 Å². The van der Waals surface area contributed by atoms with Gasteiger partial charge in [0.1, 0.15) is 26.4 Å². The highest BCUT2D eigenvalue weighted by Crippen LogP contribution is 2.47. The van der Waals surface area contributed by atoms with Gasteiger partial charge in [0.2, 0.25) is 0 Å². The summed E-state index contributed by atoms with van der Waals surface area (Å²) >= 11 is 0. The van der Waals surface area contributed by atoms with Crippen molar-refractivity contribution < 1.29 is 53.3 Å². The van der Waals surface area contributed by atoms with Crippen LogP contribution in [-0.4, -0.2) is 74.9 Å². The summed E-state index contributed by atoms with van der Waals surface area (Å²) in [6.45, 7) is -0.338. The van der Waals surface area contributed by atoms with Crippen LogP contribution in [0.1, 0.15) is 178 Å². The van der Waals surface area contributed by atoms with Crippen LogP contribution in [0.25, 0.3) is 0 Å². The van der Waals surface area contributed by atoms with Gasteiger partial charge in [0, 0.05) is 23.8 Å². The lowest BCUT2D eigenvalue weighted by Crippen LogP contribution is -2.38. The summed E-state index contributed by atoms with van der Waals surface area (Å²) in [5.74, 6) is -1.00. The lowest BCUT2D eigenvalue weighted by molar-refractivity contribution is -0.870. The molecule has 1 N–H and O–H groups in total. The summed E-state index contributed by atoms with van der Waals surface area (Å²) in [7, 11) is 1.30. The molecule has 0 aromatic carbocycles. The molecule has 46 heavy (non-hydrogen) atoms. The van der Waals surface area contributed by atoms with E-state index in [4.69, 9.17) is 29.5 Å². The molecule has 0 aromatic rings. The first-order valence-electron chi connectivity index (χ1n) is 21.8. The molecule has 1 aliphatic heterocycles. The summed E-state index contributed by atoms with van der Waals surface area (Å²) in [5, 5.41) is 0. The average molecular weight is 685 g/mol. The van der Waals surface area contributed by atoms with Crippen LogP contribution in [0.2, 0.25) is 0 Å². The van der Waals surface area contributed by atoms with Gasteiger partial charge in [-0.1, -0.05) is 141 Å². The maximum Gasteiger partial charge on any atom is 0.377 e. The fraction of sp³-hybridized carbons (Fsp3) is 0.944. The third kappa shape index (κ3) is 29.3. The molecule has 0 aliphatic carbocycles. The molecular weight excluding hydrogens is 605 g/mol. The number of phosphoric acid groups is 1. The lowest BCUT2D eigenvalue weighted by atomic mass is 10.0. The predicted octanol–water partition coefficient (Wildman–Crippen LogP) is 8.37. The van der Waals surface area contributed by atoms with Crippen molar-refractivity contribution in [3.63, 3.8) is 0 Å². The Morgan fingerprint density at radius 3 is 1.57 bits per heavy atom. The van der Waals surface area contributed by atoms with E-state index < -0.39 is 58.3 Å². The highest BCUT2D eigenvalue weighted by molar-refractivity contribution is 7.52. The SMILES string of the molecule is [2H]C1([2H])CCCCCCCCCCCC(=O)OC[C@H](CO[P+]([O-])(O)OCC[N+](C)(C)C)OC(=O)CCCCCCCCCCCC([2H])([2H])C([2H])([2H])C1([2H])[2H]. The van der Waals surface area contributed by atoms with Crippen LogP contribution in [-0.2, 0) is 28.1 Å². The molecule has 0 spiro atoms. The fourth-order valence-corrected chi connectivity index (χ4v) is 5.66. The second-order valence-corrected chi connectivity index (χ2v) is 14.8. The number of hydrogen-bond donors (Lipinski definition) is 1. The minimum atomic E-state index is -4.43. The second kappa shape index (κ2) is 28.1. The van der Waals surface area contributed by atoms with Gasteiger partial charge in [-0.05, 0) is 12.8 Å². The van der Waals surface area contributed by atoms with Crippen LogP contribution in [0.4, 0.5) is 0 Å². The van der Waals surface area contributed by atoms with Crippen molar-refractivity contribution in [1.29, 1.82) is 0 Å². The van der Waals surface area contributed by atoms with Crippen LogP contribution in [0.15, 0.2) is 0 Å². The highest BCUT2D eigenvalue weighted by atomic mass is 31.2. The van der Waals surface area contributed by atoms with E-state index in [-0.39, 0.29) is 38.9 Å². The van der Waals surface area contributed by atoms with Crippen molar-refractivity contribution in [2.24, 2.45) is 0 Å².